The summed E-state index contributed by atoms with van der Waals surface area (Å²) in [6.45, 7) is -0.0519. The minimum absolute atomic E-state index is 0.0121. The number of anilines is 1. The first kappa shape index (κ1) is 20.7. The summed E-state index contributed by atoms with van der Waals surface area (Å²) in [6.07, 6.45) is 1.48. The zero-order valence-electron chi connectivity index (χ0n) is 16.1. The van der Waals surface area contributed by atoms with Crippen LogP contribution in [0, 0.1) is 11.6 Å². The fourth-order valence-electron chi connectivity index (χ4n) is 3.27. The number of rotatable bonds is 4. The normalized spacial score (nSPS) is 13.3. The summed E-state index contributed by atoms with van der Waals surface area (Å²) in [7, 11) is 0. The Morgan fingerprint density at radius 3 is 2.68 bits per heavy atom. The Labute approximate surface area is 181 Å². The first-order chi connectivity index (χ1) is 14.9. The average molecular weight is 444 g/mol. The maximum Gasteiger partial charge on any atom is 0.261 e. The van der Waals surface area contributed by atoms with Crippen LogP contribution in [-0.4, -0.2) is 28.3 Å². The van der Waals surface area contributed by atoms with E-state index in [1.165, 1.54) is 23.2 Å². The van der Waals surface area contributed by atoms with Crippen molar-refractivity contribution in [1.29, 1.82) is 0 Å². The molecular formula is C22H16ClF2N3O3. The number of nitrogens with zero attached hydrogens (tertiary/aromatic N) is 2. The number of hydrogen-bond acceptors (Lipinski definition) is 4. The van der Waals surface area contributed by atoms with Gasteiger partial charge in [-0.2, -0.15) is 0 Å². The van der Waals surface area contributed by atoms with Crippen molar-refractivity contribution >= 4 is 29.1 Å². The second-order valence-corrected chi connectivity index (χ2v) is 7.29. The molecule has 1 N–H and O–H groups in total. The number of benzene rings is 2. The van der Waals surface area contributed by atoms with Crippen molar-refractivity contribution in [2.75, 3.05) is 11.9 Å². The highest BCUT2D eigenvalue weighted by atomic mass is 35.5. The molecule has 0 atom stereocenters. The quantitative estimate of drug-likeness (QED) is 0.614. The lowest BCUT2D eigenvalue weighted by Gasteiger charge is -2.20. The number of amides is 2. The molecule has 3 aromatic rings. The number of fused-ring (bicyclic) bond motifs is 1. The molecule has 0 radical (unpaired) electrons. The van der Waals surface area contributed by atoms with Crippen LogP contribution >= 0.6 is 11.6 Å². The number of ether oxygens (including phenoxy) is 1. The van der Waals surface area contributed by atoms with Crippen LogP contribution in [-0.2, 0) is 17.9 Å². The SMILES string of the molecule is O=C(Nc1ccc2c(c1)CN(Cc1cc(F)cc(F)c1)C(=O)CO2)c1cccnc1Cl. The van der Waals surface area contributed by atoms with Crippen molar-refractivity contribution in [3.8, 4) is 5.75 Å². The van der Waals surface area contributed by atoms with Gasteiger partial charge in [0.15, 0.2) is 6.61 Å². The van der Waals surface area contributed by atoms with Crippen LogP contribution in [0.1, 0.15) is 21.5 Å². The van der Waals surface area contributed by atoms with E-state index < -0.39 is 17.5 Å². The standard InChI is InChI=1S/C22H16ClF2N3O3/c23-21-18(2-1-5-26-21)22(30)27-17-3-4-19-14(8-17)11-28(20(29)12-31-19)10-13-6-15(24)9-16(25)7-13/h1-9H,10-12H2,(H,27,30). The van der Waals surface area contributed by atoms with Crippen molar-refractivity contribution in [3.63, 3.8) is 0 Å². The highest BCUT2D eigenvalue weighted by molar-refractivity contribution is 6.33. The summed E-state index contributed by atoms with van der Waals surface area (Å²) in [6, 6.07) is 11.2. The number of aromatic nitrogens is 1. The lowest BCUT2D eigenvalue weighted by molar-refractivity contribution is -0.133. The van der Waals surface area contributed by atoms with E-state index in [1.54, 1.807) is 30.3 Å². The van der Waals surface area contributed by atoms with Gasteiger partial charge < -0.3 is 15.0 Å². The zero-order valence-corrected chi connectivity index (χ0v) is 16.8. The first-order valence-electron chi connectivity index (χ1n) is 9.29. The highest BCUT2D eigenvalue weighted by Crippen LogP contribution is 2.28. The van der Waals surface area contributed by atoms with Gasteiger partial charge in [-0.1, -0.05) is 11.6 Å². The van der Waals surface area contributed by atoms with E-state index in [4.69, 9.17) is 16.3 Å². The molecule has 0 bridgehead atoms. The highest BCUT2D eigenvalue weighted by Gasteiger charge is 2.23. The van der Waals surface area contributed by atoms with Crippen molar-refractivity contribution in [2.45, 2.75) is 13.1 Å². The van der Waals surface area contributed by atoms with Gasteiger partial charge in [0.2, 0.25) is 0 Å². The number of carbonyl (C=O) groups excluding carboxylic acids is 2. The molecule has 0 unspecified atom stereocenters. The van der Waals surface area contributed by atoms with E-state index in [0.29, 0.717) is 22.6 Å². The van der Waals surface area contributed by atoms with Gasteiger partial charge in [-0.25, -0.2) is 13.8 Å². The van der Waals surface area contributed by atoms with Crippen molar-refractivity contribution in [3.05, 3.63) is 88.2 Å². The van der Waals surface area contributed by atoms with E-state index >= 15 is 0 Å². The molecule has 1 aliphatic rings. The minimum Gasteiger partial charge on any atom is -0.483 e. The summed E-state index contributed by atoms with van der Waals surface area (Å²) in [5, 5.41) is 2.82. The zero-order chi connectivity index (χ0) is 22.0. The molecule has 0 saturated heterocycles. The summed E-state index contributed by atoms with van der Waals surface area (Å²) in [5.41, 5.74) is 1.65. The number of nitrogens with one attached hydrogen (secondary N) is 1. The monoisotopic (exact) mass is 443 g/mol. The topological polar surface area (TPSA) is 71.5 Å². The fourth-order valence-corrected chi connectivity index (χ4v) is 3.47. The number of pyridine rings is 1. The van der Waals surface area contributed by atoms with E-state index in [0.717, 1.165) is 6.07 Å². The van der Waals surface area contributed by atoms with Gasteiger partial charge in [0.1, 0.15) is 22.5 Å². The Bertz CT molecular complexity index is 1150. The minimum atomic E-state index is -0.715. The van der Waals surface area contributed by atoms with Gasteiger partial charge in [-0.05, 0) is 48.0 Å². The third kappa shape index (κ3) is 4.80. The molecule has 9 heteroatoms. The molecule has 2 aromatic carbocycles. The van der Waals surface area contributed by atoms with E-state index in [1.807, 2.05) is 0 Å². The predicted molar refractivity (Wildman–Crippen MR) is 110 cm³/mol. The van der Waals surface area contributed by atoms with E-state index in [-0.39, 0.29) is 36.3 Å². The van der Waals surface area contributed by atoms with E-state index in [2.05, 4.69) is 10.3 Å². The average Bonchev–Trinajstić information content (AvgIpc) is 2.86. The predicted octanol–water partition coefficient (Wildman–Crippen LogP) is 4.19. The largest absolute Gasteiger partial charge is 0.483 e. The van der Waals surface area contributed by atoms with Gasteiger partial charge >= 0.3 is 0 Å². The second-order valence-electron chi connectivity index (χ2n) is 6.93. The summed E-state index contributed by atoms with van der Waals surface area (Å²) in [4.78, 5) is 30.3. The molecule has 31 heavy (non-hydrogen) atoms. The maximum atomic E-state index is 13.5. The molecular weight excluding hydrogens is 428 g/mol. The molecule has 0 spiro atoms. The number of halogens is 3. The van der Waals surface area contributed by atoms with Crippen LogP contribution in [0.2, 0.25) is 5.15 Å². The van der Waals surface area contributed by atoms with Crippen LogP contribution < -0.4 is 10.1 Å². The lowest BCUT2D eigenvalue weighted by atomic mass is 10.1. The molecule has 0 fully saturated rings. The molecule has 6 nitrogen and oxygen atoms in total. The third-order valence-electron chi connectivity index (χ3n) is 4.68. The summed E-state index contributed by atoms with van der Waals surface area (Å²) >= 11 is 5.97. The second kappa shape index (κ2) is 8.69. The molecule has 2 heterocycles. The molecule has 4 rings (SSSR count). The molecule has 1 aromatic heterocycles. The Hall–Kier alpha value is -3.52. The summed E-state index contributed by atoms with van der Waals surface area (Å²) in [5.74, 6) is -1.70. The van der Waals surface area contributed by atoms with Crippen molar-refractivity contribution < 1.29 is 23.1 Å². The van der Waals surface area contributed by atoms with Crippen molar-refractivity contribution in [1.82, 2.24) is 9.88 Å². The lowest BCUT2D eigenvalue weighted by Crippen LogP contribution is -2.31. The molecule has 2 amide bonds. The Morgan fingerprint density at radius 1 is 1.16 bits per heavy atom. The van der Waals surface area contributed by atoms with Gasteiger partial charge in [0.05, 0.1) is 5.56 Å². The third-order valence-corrected chi connectivity index (χ3v) is 4.98. The van der Waals surface area contributed by atoms with Crippen LogP contribution in [0.4, 0.5) is 14.5 Å². The molecule has 158 valence electrons. The van der Waals surface area contributed by atoms with Gasteiger partial charge in [0, 0.05) is 36.6 Å². The van der Waals surface area contributed by atoms with Gasteiger partial charge in [0.25, 0.3) is 11.8 Å². The van der Waals surface area contributed by atoms with Crippen LogP contribution in [0.3, 0.4) is 0 Å². The maximum absolute atomic E-state index is 13.5. The van der Waals surface area contributed by atoms with Crippen molar-refractivity contribution in [2.24, 2.45) is 0 Å². The summed E-state index contributed by atoms with van der Waals surface area (Å²) < 4.78 is 32.6. The first-order valence-corrected chi connectivity index (χ1v) is 9.67. The van der Waals surface area contributed by atoms with Crippen LogP contribution in [0.15, 0.2) is 54.7 Å². The Kier molecular flexibility index (Phi) is 5.81. The van der Waals surface area contributed by atoms with Gasteiger partial charge in [-0.15, -0.1) is 0 Å². The smallest absolute Gasteiger partial charge is 0.261 e. The van der Waals surface area contributed by atoms with Gasteiger partial charge in [-0.3, -0.25) is 9.59 Å². The van der Waals surface area contributed by atoms with Crippen LogP contribution in [0.5, 0.6) is 5.75 Å². The fraction of sp³-hybridized carbons (Fsp3) is 0.136. The Morgan fingerprint density at radius 2 is 1.94 bits per heavy atom. The number of carbonyl (C=O) groups is 2. The number of hydrogen-bond donors (Lipinski definition) is 1. The molecule has 1 aliphatic heterocycles. The van der Waals surface area contributed by atoms with Crippen LogP contribution in [0.25, 0.3) is 0 Å². The molecule has 0 aliphatic carbocycles. The Balaban J connectivity index is 1.55. The molecule has 0 saturated carbocycles. The van der Waals surface area contributed by atoms with E-state index in [9.17, 15) is 18.4 Å².